The highest BCUT2D eigenvalue weighted by Gasteiger charge is 2.43. The monoisotopic (exact) mass is 520 g/mol. The first kappa shape index (κ1) is 27.7. The summed E-state index contributed by atoms with van der Waals surface area (Å²) >= 11 is 0. The topological polar surface area (TPSA) is 72.2 Å². The second kappa shape index (κ2) is 12.0. The Balaban J connectivity index is 1.82. The van der Waals surface area contributed by atoms with Crippen LogP contribution in [-0.2, 0) is 0 Å². The number of hydrogen-bond donors (Lipinski definition) is 0. The molecule has 0 N–H and O–H groups in total. The summed E-state index contributed by atoms with van der Waals surface area (Å²) in [7, 11) is 0. The third-order valence-electron chi connectivity index (χ3n) is 7.21. The zero-order chi connectivity index (χ0) is 27.4. The summed E-state index contributed by atoms with van der Waals surface area (Å²) < 4.78 is 18.1. The van der Waals surface area contributed by atoms with Gasteiger partial charge in [0, 0.05) is 13.1 Å². The van der Waals surface area contributed by atoms with Crippen molar-refractivity contribution >= 4 is 16.9 Å². The Hall–Kier alpha value is -3.32. The maximum atomic E-state index is 13.9. The summed E-state index contributed by atoms with van der Waals surface area (Å²) in [4.78, 5) is 31.6. The van der Waals surface area contributed by atoms with Crippen LogP contribution in [0.15, 0.2) is 45.6 Å². The van der Waals surface area contributed by atoms with Gasteiger partial charge in [-0.1, -0.05) is 45.4 Å². The van der Waals surface area contributed by atoms with Gasteiger partial charge >= 0.3 is 0 Å². The Morgan fingerprint density at radius 2 is 1.76 bits per heavy atom. The zero-order valence-electron chi connectivity index (χ0n) is 23.5. The van der Waals surface area contributed by atoms with Gasteiger partial charge in [-0.15, -0.1) is 0 Å². The molecule has 0 bridgehead atoms. The standard InChI is InChI=1S/C31H40N2O5/c1-7-32(8-2)15-16-33-28(22-11-13-25(26(19-22)36-9-3)37-17-14-20(4)5)27-29(34)23-18-21(6)10-12-24(23)38-30(27)31(33)35/h10-13,18-20,28H,7-9,14-17H2,1-6H3. The van der Waals surface area contributed by atoms with Gasteiger partial charge in [-0.05, 0) is 69.1 Å². The Labute approximate surface area is 225 Å². The zero-order valence-corrected chi connectivity index (χ0v) is 23.5. The highest BCUT2D eigenvalue weighted by atomic mass is 16.5. The van der Waals surface area contributed by atoms with Crippen LogP contribution in [0.25, 0.3) is 11.0 Å². The molecule has 4 rings (SSSR count). The molecule has 1 aliphatic heterocycles. The molecule has 1 amide bonds. The van der Waals surface area contributed by atoms with E-state index in [1.807, 2.05) is 44.2 Å². The van der Waals surface area contributed by atoms with Gasteiger partial charge < -0.3 is 23.7 Å². The molecule has 0 fully saturated rings. The number of amides is 1. The van der Waals surface area contributed by atoms with Crippen LogP contribution in [-0.4, -0.2) is 55.1 Å². The van der Waals surface area contributed by atoms with Crippen molar-refractivity contribution in [1.82, 2.24) is 9.80 Å². The quantitative estimate of drug-likeness (QED) is 0.300. The van der Waals surface area contributed by atoms with Crippen LogP contribution < -0.4 is 14.9 Å². The lowest BCUT2D eigenvalue weighted by Gasteiger charge is -2.28. The molecular formula is C31H40N2O5. The molecule has 0 spiro atoms. The van der Waals surface area contributed by atoms with E-state index in [1.54, 1.807) is 11.0 Å². The highest BCUT2D eigenvalue weighted by molar-refractivity contribution is 5.99. The molecule has 204 valence electrons. The second-order valence-corrected chi connectivity index (χ2v) is 10.3. The third kappa shape index (κ3) is 5.58. The van der Waals surface area contributed by atoms with E-state index in [0.29, 0.717) is 60.3 Å². The van der Waals surface area contributed by atoms with E-state index in [0.717, 1.165) is 30.6 Å². The number of carbonyl (C=O) groups excluding carboxylic acids is 1. The summed E-state index contributed by atoms with van der Waals surface area (Å²) in [6, 6.07) is 10.6. The molecule has 0 aliphatic carbocycles. The molecule has 1 aliphatic rings. The van der Waals surface area contributed by atoms with Crippen LogP contribution in [0.2, 0.25) is 0 Å². The number of likely N-dealkylation sites (N-methyl/N-ethyl adjacent to an activating group) is 1. The van der Waals surface area contributed by atoms with Crippen LogP contribution in [0.5, 0.6) is 11.5 Å². The fourth-order valence-electron chi connectivity index (χ4n) is 4.99. The first-order valence-electron chi connectivity index (χ1n) is 13.8. The van der Waals surface area contributed by atoms with Crippen LogP contribution >= 0.6 is 0 Å². The fraction of sp³-hybridized carbons (Fsp3) is 0.484. The minimum absolute atomic E-state index is 0.131. The van der Waals surface area contributed by atoms with Gasteiger partial charge in [-0.3, -0.25) is 9.59 Å². The van der Waals surface area contributed by atoms with Crippen LogP contribution in [0.3, 0.4) is 0 Å². The summed E-state index contributed by atoms with van der Waals surface area (Å²) in [5.74, 6) is 1.68. The number of ether oxygens (including phenoxy) is 2. The first-order valence-corrected chi connectivity index (χ1v) is 13.8. The lowest BCUT2D eigenvalue weighted by atomic mass is 9.97. The van der Waals surface area contributed by atoms with Gasteiger partial charge in [0.05, 0.1) is 30.2 Å². The number of rotatable bonds is 12. The van der Waals surface area contributed by atoms with Gasteiger partial charge in [0.1, 0.15) is 5.58 Å². The number of hydrogen-bond acceptors (Lipinski definition) is 6. The lowest BCUT2D eigenvalue weighted by Crippen LogP contribution is -2.37. The average molecular weight is 521 g/mol. The van der Waals surface area contributed by atoms with E-state index in [4.69, 9.17) is 13.9 Å². The summed E-state index contributed by atoms with van der Waals surface area (Å²) in [5.41, 5.74) is 2.43. The molecular weight excluding hydrogens is 480 g/mol. The SMILES string of the molecule is CCOc1cc(C2c3c(oc4ccc(C)cc4c3=O)C(=O)N2CCN(CC)CC)ccc1OCCC(C)C. The Morgan fingerprint density at radius 3 is 2.45 bits per heavy atom. The van der Waals surface area contributed by atoms with Crippen LogP contribution in [0.1, 0.15) is 74.3 Å². The van der Waals surface area contributed by atoms with Gasteiger partial charge in [-0.25, -0.2) is 0 Å². The van der Waals surface area contributed by atoms with Crippen molar-refractivity contribution in [3.8, 4) is 11.5 Å². The van der Waals surface area contributed by atoms with E-state index in [-0.39, 0.29) is 17.1 Å². The van der Waals surface area contributed by atoms with Crippen molar-refractivity contribution in [2.75, 3.05) is 39.4 Å². The predicted molar refractivity (Wildman–Crippen MR) is 150 cm³/mol. The van der Waals surface area contributed by atoms with E-state index in [9.17, 15) is 9.59 Å². The lowest BCUT2D eigenvalue weighted by molar-refractivity contribution is 0.0708. The van der Waals surface area contributed by atoms with Crippen molar-refractivity contribution in [2.45, 2.75) is 54.0 Å². The minimum atomic E-state index is -0.571. The molecule has 0 saturated heterocycles. The molecule has 1 unspecified atom stereocenters. The Bertz CT molecular complexity index is 1340. The molecule has 0 saturated carbocycles. The van der Waals surface area contributed by atoms with E-state index >= 15 is 0 Å². The van der Waals surface area contributed by atoms with Gasteiger partial charge in [0.15, 0.2) is 16.9 Å². The molecule has 38 heavy (non-hydrogen) atoms. The van der Waals surface area contributed by atoms with Crippen molar-refractivity contribution in [1.29, 1.82) is 0 Å². The van der Waals surface area contributed by atoms with Crippen LogP contribution in [0, 0.1) is 12.8 Å². The molecule has 1 atom stereocenters. The average Bonchev–Trinajstić information content (AvgIpc) is 3.17. The number of fused-ring (bicyclic) bond motifs is 2. The van der Waals surface area contributed by atoms with E-state index < -0.39 is 6.04 Å². The van der Waals surface area contributed by atoms with Gasteiger partial charge in [0.25, 0.3) is 5.91 Å². The first-order chi connectivity index (χ1) is 18.3. The number of benzene rings is 2. The van der Waals surface area contributed by atoms with E-state index in [1.165, 1.54) is 0 Å². The smallest absolute Gasteiger partial charge is 0.290 e. The molecule has 3 aromatic rings. The normalized spacial score (nSPS) is 15.1. The summed E-state index contributed by atoms with van der Waals surface area (Å²) in [6.07, 6.45) is 0.935. The molecule has 7 nitrogen and oxygen atoms in total. The van der Waals surface area contributed by atoms with Gasteiger partial charge in [0.2, 0.25) is 5.76 Å². The molecule has 2 aromatic carbocycles. The van der Waals surface area contributed by atoms with E-state index in [2.05, 4.69) is 32.6 Å². The summed E-state index contributed by atoms with van der Waals surface area (Å²) in [5, 5.41) is 0.491. The fourth-order valence-corrected chi connectivity index (χ4v) is 4.99. The Morgan fingerprint density at radius 1 is 1.00 bits per heavy atom. The number of nitrogens with zero attached hydrogens (tertiary/aromatic N) is 2. The number of carbonyl (C=O) groups is 1. The molecule has 0 radical (unpaired) electrons. The van der Waals surface area contributed by atoms with Crippen LogP contribution in [0.4, 0.5) is 0 Å². The predicted octanol–water partition coefficient (Wildman–Crippen LogP) is 5.81. The van der Waals surface area contributed by atoms with Gasteiger partial charge in [-0.2, -0.15) is 0 Å². The highest BCUT2D eigenvalue weighted by Crippen LogP contribution is 2.41. The molecule has 2 heterocycles. The minimum Gasteiger partial charge on any atom is -0.490 e. The number of aryl methyl sites for hydroxylation is 1. The van der Waals surface area contributed by atoms with Crippen molar-refractivity contribution in [3.05, 3.63) is 69.1 Å². The maximum absolute atomic E-state index is 13.9. The third-order valence-corrected chi connectivity index (χ3v) is 7.21. The molecule has 7 heteroatoms. The maximum Gasteiger partial charge on any atom is 0.290 e. The second-order valence-electron chi connectivity index (χ2n) is 10.3. The molecule has 1 aromatic heterocycles. The van der Waals surface area contributed by atoms with Crippen molar-refractivity contribution in [3.63, 3.8) is 0 Å². The largest absolute Gasteiger partial charge is 0.490 e. The Kier molecular flexibility index (Phi) is 8.77. The van der Waals surface area contributed by atoms with Crippen molar-refractivity contribution < 1.29 is 18.7 Å². The van der Waals surface area contributed by atoms with Crippen molar-refractivity contribution in [2.24, 2.45) is 5.92 Å². The summed E-state index contributed by atoms with van der Waals surface area (Å²) in [6.45, 7) is 16.4.